The van der Waals surface area contributed by atoms with E-state index in [4.69, 9.17) is 4.74 Å². The summed E-state index contributed by atoms with van der Waals surface area (Å²) in [7, 11) is -4.86. The highest BCUT2D eigenvalue weighted by atomic mass is 31.2. The first-order valence-corrected chi connectivity index (χ1v) is 7.17. The molecule has 0 aliphatic carbocycles. The third-order valence-corrected chi connectivity index (χ3v) is 5.90. The van der Waals surface area contributed by atoms with E-state index < -0.39 is 14.5 Å². The molecular weight excluding hydrogens is 218 g/mol. The molecule has 0 saturated heterocycles. The van der Waals surface area contributed by atoms with Crippen LogP contribution in [0.25, 0.3) is 0 Å². The van der Waals surface area contributed by atoms with E-state index in [-0.39, 0.29) is 0 Å². The van der Waals surface area contributed by atoms with Gasteiger partial charge in [-0.3, -0.25) is 0 Å². The van der Waals surface area contributed by atoms with Crippen molar-refractivity contribution in [1.82, 2.24) is 0 Å². The summed E-state index contributed by atoms with van der Waals surface area (Å²) in [4.78, 5) is 0. The predicted octanol–water partition coefficient (Wildman–Crippen LogP) is 3.58. The molecule has 0 spiro atoms. The summed E-state index contributed by atoms with van der Waals surface area (Å²) in [5, 5.41) is 0. The summed E-state index contributed by atoms with van der Waals surface area (Å²) >= 11 is 0. The lowest BCUT2D eigenvalue weighted by atomic mass is 10.3. The summed E-state index contributed by atoms with van der Waals surface area (Å²) in [6.45, 7) is 6.89. The van der Waals surface area contributed by atoms with Crippen LogP contribution in [0.3, 0.4) is 0 Å². The number of methoxy groups -OCH3 is 1. The van der Waals surface area contributed by atoms with E-state index in [0.717, 1.165) is 6.35 Å². The van der Waals surface area contributed by atoms with E-state index in [0.29, 0.717) is 0 Å². The zero-order chi connectivity index (χ0) is 11.8. The van der Waals surface area contributed by atoms with Gasteiger partial charge in [-0.2, -0.15) is 0 Å². The molecule has 88 valence electrons. The van der Waals surface area contributed by atoms with Crippen LogP contribution in [0, 0.1) is 0 Å². The van der Waals surface area contributed by atoms with Crippen LogP contribution in [0.5, 0.6) is 0 Å². The monoisotopic (exact) mass is 236 g/mol. The fourth-order valence-electron chi connectivity index (χ4n) is 0.718. The smallest absolute Gasteiger partial charge is 0.418 e. The van der Waals surface area contributed by atoms with E-state index in [1.807, 2.05) is 0 Å². The van der Waals surface area contributed by atoms with Crippen molar-refractivity contribution in [3.63, 3.8) is 0 Å². The van der Waals surface area contributed by atoms with Crippen LogP contribution < -0.4 is 0 Å². The van der Waals surface area contributed by atoms with Gasteiger partial charge in [0, 0.05) is 14.4 Å². The molecule has 0 aromatic rings. The van der Waals surface area contributed by atoms with Crippen molar-refractivity contribution in [3.05, 3.63) is 0 Å². The molecule has 14 heavy (non-hydrogen) atoms. The van der Waals surface area contributed by atoms with E-state index in [1.165, 1.54) is 12.3 Å². The Balaban J connectivity index is 0. The standard InChI is InChI=1S/C7H18OP.BF4/c1-5-9(4,6-2)7-8-3;2-1(3,4)5/h5-7H2,1-4H3;/q+1;-1. The summed E-state index contributed by atoms with van der Waals surface area (Å²) in [6, 6.07) is 0. The first-order valence-electron chi connectivity index (χ1n) is 4.38. The van der Waals surface area contributed by atoms with Crippen LogP contribution in [-0.4, -0.2) is 39.7 Å². The number of ether oxygens (including phenoxy) is 1. The SMILES string of the molecule is CC[P+](C)(CC)COC.F[B-](F)(F)F. The maximum atomic E-state index is 9.75. The molecule has 0 heterocycles. The molecular formula is C7H18BF4OP. The van der Waals surface area contributed by atoms with Crippen LogP contribution in [0.15, 0.2) is 0 Å². The second-order valence-corrected chi connectivity index (χ2v) is 7.93. The lowest BCUT2D eigenvalue weighted by molar-refractivity contribution is 0.253. The van der Waals surface area contributed by atoms with Gasteiger partial charge in [-0.1, -0.05) is 0 Å². The largest absolute Gasteiger partial charge is 0.673 e. The van der Waals surface area contributed by atoms with E-state index in [1.54, 1.807) is 7.11 Å². The van der Waals surface area contributed by atoms with Crippen LogP contribution in [0.1, 0.15) is 13.8 Å². The highest BCUT2D eigenvalue weighted by Crippen LogP contribution is 2.53. The summed E-state index contributed by atoms with van der Waals surface area (Å²) < 4.78 is 44.1. The van der Waals surface area contributed by atoms with E-state index in [9.17, 15) is 17.3 Å². The third kappa shape index (κ3) is 14.7. The molecule has 0 saturated carbocycles. The fourth-order valence-corrected chi connectivity index (χ4v) is 2.15. The molecule has 0 atom stereocenters. The average molecular weight is 236 g/mol. The maximum absolute atomic E-state index is 9.75. The highest BCUT2D eigenvalue weighted by molar-refractivity contribution is 7.74. The average Bonchev–Trinajstić information content (AvgIpc) is 2.02. The molecule has 1 nitrogen and oxygen atoms in total. The van der Waals surface area contributed by atoms with Gasteiger partial charge in [-0.25, -0.2) is 0 Å². The molecule has 7 heteroatoms. The minimum absolute atomic E-state index is 0.653. The van der Waals surface area contributed by atoms with Gasteiger partial charge in [0.15, 0.2) is 6.35 Å². The molecule has 0 aliphatic heterocycles. The number of hydrogen-bond acceptors (Lipinski definition) is 1. The van der Waals surface area contributed by atoms with Crippen LogP contribution in [-0.2, 0) is 4.74 Å². The van der Waals surface area contributed by atoms with Crippen LogP contribution in [0.4, 0.5) is 17.3 Å². The Morgan fingerprint density at radius 2 is 1.36 bits per heavy atom. The zero-order valence-electron chi connectivity index (χ0n) is 9.07. The Labute approximate surface area is 83.7 Å². The van der Waals surface area contributed by atoms with Gasteiger partial charge in [-0.05, 0) is 13.8 Å². The van der Waals surface area contributed by atoms with Gasteiger partial charge < -0.3 is 22.0 Å². The number of halogens is 4. The van der Waals surface area contributed by atoms with Crippen LogP contribution >= 0.6 is 7.26 Å². The highest BCUT2D eigenvalue weighted by Gasteiger charge is 2.25. The quantitative estimate of drug-likeness (QED) is 0.411. The number of rotatable bonds is 4. The first kappa shape index (κ1) is 16.6. The van der Waals surface area contributed by atoms with Crippen LogP contribution in [0.2, 0.25) is 0 Å². The molecule has 0 aromatic carbocycles. The summed E-state index contributed by atoms with van der Waals surface area (Å²) in [6.07, 6.45) is 3.63. The first-order chi connectivity index (χ1) is 6.18. The van der Waals surface area contributed by atoms with Crippen molar-refractivity contribution in [1.29, 1.82) is 0 Å². The Morgan fingerprint density at radius 1 is 1.07 bits per heavy atom. The topological polar surface area (TPSA) is 9.23 Å². The molecule has 0 aliphatic rings. The molecule has 0 N–H and O–H groups in total. The molecule has 0 bridgehead atoms. The van der Waals surface area contributed by atoms with Gasteiger partial charge >= 0.3 is 7.25 Å². The predicted molar refractivity (Wildman–Crippen MR) is 56.0 cm³/mol. The minimum atomic E-state index is -6.00. The van der Waals surface area contributed by atoms with Crippen molar-refractivity contribution in [2.24, 2.45) is 0 Å². The molecule has 0 rings (SSSR count). The van der Waals surface area contributed by atoms with Crippen molar-refractivity contribution in [3.8, 4) is 0 Å². The molecule has 0 fully saturated rings. The normalized spacial score (nSPS) is 12.0. The fraction of sp³-hybridized carbons (Fsp3) is 1.00. The molecule has 0 amide bonds. The van der Waals surface area contributed by atoms with Gasteiger partial charge in [-0.15, -0.1) is 0 Å². The van der Waals surface area contributed by atoms with Crippen molar-refractivity contribution >= 4 is 14.5 Å². The Kier molecular flexibility index (Phi) is 8.85. The van der Waals surface area contributed by atoms with E-state index in [2.05, 4.69) is 20.5 Å². The van der Waals surface area contributed by atoms with Gasteiger partial charge in [0.1, 0.15) is 0 Å². The lowest BCUT2D eigenvalue weighted by Gasteiger charge is -2.17. The Bertz CT molecular complexity index is 132. The second-order valence-electron chi connectivity index (χ2n) is 3.16. The zero-order valence-corrected chi connectivity index (χ0v) is 9.96. The third-order valence-electron chi connectivity index (χ3n) is 1.97. The molecule has 0 radical (unpaired) electrons. The Hall–Kier alpha value is 0.175. The van der Waals surface area contributed by atoms with Gasteiger partial charge in [0.25, 0.3) is 0 Å². The molecule has 0 aromatic heterocycles. The van der Waals surface area contributed by atoms with Crippen molar-refractivity contribution in [2.75, 3.05) is 32.4 Å². The summed E-state index contributed by atoms with van der Waals surface area (Å²) in [5.41, 5.74) is 0. The van der Waals surface area contributed by atoms with Crippen molar-refractivity contribution < 1.29 is 22.0 Å². The molecule has 0 unspecified atom stereocenters. The van der Waals surface area contributed by atoms with Crippen molar-refractivity contribution in [2.45, 2.75) is 13.8 Å². The Morgan fingerprint density at radius 3 is 1.43 bits per heavy atom. The van der Waals surface area contributed by atoms with Gasteiger partial charge in [0.2, 0.25) is 0 Å². The summed E-state index contributed by atoms with van der Waals surface area (Å²) in [5.74, 6) is 0. The maximum Gasteiger partial charge on any atom is 0.673 e. The van der Waals surface area contributed by atoms with E-state index >= 15 is 0 Å². The lowest BCUT2D eigenvalue weighted by Crippen LogP contribution is -2.03. The number of hydrogen-bond donors (Lipinski definition) is 0. The minimum Gasteiger partial charge on any atom is -0.418 e. The second kappa shape index (κ2) is 7.46. The van der Waals surface area contributed by atoms with Gasteiger partial charge in [0.05, 0.1) is 19.0 Å².